The van der Waals surface area contributed by atoms with Crippen molar-refractivity contribution >= 4 is 175 Å². The van der Waals surface area contributed by atoms with Gasteiger partial charge in [0, 0.05) is 103 Å². The van der Waals surface area contributed by atoms with Gasteiger partial charge in [0.05, 0.1) is 27.5 Å². The zero-order chi connectivity index (χ0) is 59.9. The summed E-state index contributed by atoms with van der Waals surface area (Å²) in [5, 5.41) is 17.9. The molecule has 0 aliphatic rings. The van der Waals surface area contributed by atoms with Crippen molar-refractivity contribution in [2.45, 2.75) is 0 Å². The van der Waals surface area contributed by atoms with Gasteiger partial charge in [0.15, 0.2) is 0 Å². The molecule has 0 bridgehead atoms. The highest BCUT2D eigenvalue weighted by atomic mass is 16.3. The average Bonchev–Trinajstić information content (AvgIpc) is 1.58. The second-order valence-electron chi connectivity index (χ2n) is 24.1. The van der Waals surface area contributed by atoms with E-state index in [0.717, 1.165) is 193 Å². The van der Waals surface area contributed by atoms with Crippen molar-refractivity contribution in [1.29, 1.82) is 0 Å². The van der Waals surface area contributed by atoms with Crippen LogP contribution in [0, 0.1) is 0 Å². The standard InChI is InChI=1S/2C42H23NO3/c1-4-15-33-30(10-1)40-34(21-20-29-25-9-2-5-16-35(25)46-42(29)40)43(33)24-19-22-37-32(23-24)28-14-7-13-27(41(28)45-37)26-12-8-18-38-39(26)31-11-3-6-17-36(31)44-38;1-4-15-34-25(9-1)31-23-40-33(26-10-2-5-16-36(26)45-40)22-35(31)43(34)24-19-20-38-32(21-24)29-14-7-13-28(42(29)46-38)27-12-8-18-39-41(27)30-11-3-6-17-37(30)44-39/h2*1-23H. The van der Waals surface area contributed by atoms with Crippen LogP contribution in [0.5, 0.6) is 0 Å². The Bertz CT molecular complexity index is 6910. The van der Waals surface area contributed by atoms with Crippen LogP contribution in [-0.4, -0.2) is 9.13 Å². The highest BCUT2D eigenvalue weighted by molar-refractivity contribution is 6.25. The van der Waals surface area contributed by atoms with E-state index in [9.17, 15) is 0 Å². The zero-order valence-electron chi connectivity index (χ0n) is 48.9. The number of para-hydroxylation sites is 8. The third-order valence-corrected chi connectivity index (χ3v) is 19.2. The predicted molar refractivity (Wildman–Crippen MR) is 376 cm³/mol. The third kappa shape index (κ3) is 6.89. The van der Waals surface area contributed by atoms with E-state index in [1.54, 1.807) is 0 Å². The molecule has 8 heteroatoms. The molecule has 22 aromatic rings. The lowest BCUT2D eigenvalue weighted by molar-refractivity contribution is 0.668. The number of nitrogens with zero attached hydrogens (tertiary/aromatic N) is 2. The summed E-state index contributed by atoms with van der Waals surface area (Å²) >= 11 is 0. The highest BCUT2D eigenvalue weighted by Gasteiger charge is 2.24. The molecule has 0 fully saturated rings. The summed E-state index contributed by atoms with van der Waals surface area (Å²) in [6, 6.07) is 97.5. The van der Waals surface area contributed by atoms with Gasteiger partial charge in [0.25, 0.3) is 0 Å². The van der Waals surface area contributed by atoms with Gasteiger partial charge in [0.1, 0.15) is 67.0 Å². The van der Waals surface area contributed by atoms with Gasteiger partial charge in [-0.1, -0.05) is 170 Å². The van der Waals surface area contributed by atoms with Crippen LogP contribution in [-0.2, 0) is 0 Å². The molecule has 0 radical (unpaired) electrons. The van der Waals surface area contributed by atoms with Crippen LogP contribution in [0.15, 0.2) is 306 Å². The molecule has 0 unspecified atom stereocenters. The summed E-state index contributed by atoms with van der Waals surface area (Å²) < 4.78 is 43.3. The molecule has 8 nitrogen and oxygen atoms in total. The summed E-state index contributed by atoms with van der Waals surface area (Å²) in [6.07, 6.45) is 0. The fourth-order valence-corrected chi connectivity index (χ4v) is 15.3. The summed E-state index contributed by atoms with van der Waals surface area (Å²) in [5.74, 6) is 0. The van der Waals surface area contributed by atoms with Gasteiger partial charge in [-0.15, -0.1) is 0 Å². The fourth-order valence-electron chi connectivity index (χ4n) is 15.3. The van der Waals surface area contributed by atoms with Crippen LogP contribution in [0.2, 0.25) is 0 Å². The largest absolute Gasteiger partial charge is 0.456 e. The van der Waals surface area contributed by atoms with Crippen LogP contribution in [0.4, 0.5) is 0 Å². The Kier molecular flexibility index (Phi) is 9.96. The molecule has 428 valence electrons. The zero-order valence-corrected chi connectivity index (χ0v) is 48.9. The molecule has 0 aliphatic heterocycles. The van der Waals surface area contributed by atoms with E-state index in [-0.39, 0.29) is 0 Å². The first-order valence-electron chi connectivity index (χ1n) is 31.0. The Morgan fingerprint density at radius 2 is 0.565 bits per heavy atom. The SMILES string of the molecule is c1ccc2c(c1)oc1c2ccc2c1c1ccccc1n2-c1ccc2oc3c(-c4cccc5oc6ccccc6c45)cccc3c2c1.c1ccc2c(c1)oc1cc3c4ccccc4n(-c4ccc5oc6c(-c7cccc8oc9ccccc9c78)cccc6c5c4)c3cc12. The van der Waals surface area contributed by atoms with Crippen molar-refractivity contribution < 1.29 is 26.5 Å². The van der Waals surface area contributed by atoms with Gasteiger partial charge >= 0.3 is 0 Å². The van der Waals surface area contributed by atoms with E-state index >= 15 is 0 Å². The Morgan fingerprint density at radius 1 is 0.174 bits per heavy atom. The van der Waals surface area contributed by atoms with Crippen LogP contribution < -0.4 is 0 Å². The lowest BCUT2D eigenvalue weighted by Gasteiger charge is -2.08. The number of furan rings is 6. The van der Waals surface area contributed by atoms with Gasteiger partial charge in [-0.2, -0.15) is 0 Å². The molecule has 0 aliphatic carbocycles. The maximum Gasteiger partial charge on any atom is 0.145 e. The molecule has 0 atom stereocenters. The van der Waals surface area contributed by atoms with E-state index in [4.69, 9.17) is 26.5 Å². The maximum atomic E-state index is 6.67. The lowest BCUT2D eigenvalue weighted by atomic mass is 9.97. The number of hydrogen-bond acceptors (Lipinski definition) is 6. The van der Waals surface area contributed by atoms with Gasteiger partial charge in [0.2, 0.25) is 0 Å². The number of aromatic nitrogens is 2. The average molecular weight is 1180 g/mol. The first kappa shape index (κ1) is 49.5. The molecule has 0 saturated carbocycles. The van der Waals surface area contributed by atoms with Crippen molar-refractivity contribution in [2.75, 3.05) is 0 Å². The minimum atomic E-state index is 0.857. The Labute approximate surface area is 520 Å². The van der Waals surface area contributed by atoms with Crippen LogP contribution in [0.1, 0.15) is 0 Å². The van der Waals surface area contributed by atoms with Crippen molar-refractivity contribution in [3.8, 4) is 33.6 Å². The number of rotatable bonds is 4. The van der Waals surface area contributed by atoms with Crippen molar-refractivity contribution in [1.82, 2.24) is 9.13 Å². The van der Waals surface area contributed by atoms with E-state index < -0.39 is 0 Å². The molecule has 0 spiro atoms. The Morgan fingerprint density at radius 3 is 1.16 bits per heavy atom. The first-order valence-corrected chi connectivity index (χ1v) is 31.0. The number of benzene rings is 14. The van der Waals surface area contributed by atoms with Crippen molar-refractivity contribution in [3.05, 3.63) is 279 Å². The molecule has 0 N–H and O–H groups in total. The molecule has 8 aromatic heterocycles. The van der Waals surface area contributed by atoms with Gasteiger partial charge in [-0.25, -0.2) is 0 Å². The molecular weight excluding hydrogens is 1130 g/mol. The molecule has 0 saturated heterocycles. The van der Waals surface area contributed by atoms with Crippen molar-refractivity contribution in [3.63, 3.8) is 0 Å². The Hall–Kier alpha value is -12.5. The molecule has 0 amide bonds. The minimum Gasteiger partial charge on any atom is -0.456 e. The molecule has 92 heavy (non-hydrogen) atoms. The highest BCUT2D eigenvalue weighted by Crippen LogP contribution is 2.47. The summed E-state index contributed by atoms with van der Waals surface area (Å²) in [5.41, 5.74) is 21.6. The van der Waals surface area contributed by atoms with E-state index in [0.29, 0.717) is 0 Å². The van der Waals surface area contributed by atoms with Crippen LogP contribution in [0.25, 0.3) is 209 Å². The smallest absolute Gasteiger partial charge is 0.145 e. The van der Waals surface area contributed by atoms with Gasteiger partial charge < -0.3 is 35.6 Å². The van der Waals surface area contributed by atoms with E-state index in [1.165, 1.54) is 16.2 Å². The normalized spacial score (nSPS) is 12.3. The van der Waals surface area contributed by atoms with E-state index in [2.05, 4.69) is 228 Å². The molecular formula is C84H46N2O6. The maximum absolute atomic E-state index is 6.67. The second-order valence-corrected chi connectivity index (χ2v) is 24.1. The summed E-state index contributed by atoms with van der Waals surface area (Å²) in [6.45, 7) is 0. The Balaban J connectivity index is 0.000000124. The minimum absolute atomic E-state index is 0.857. The lowest BCUT2D eigenvalue weighted by Crippen LogP contribution is -1.93. The van der Waals surface area contributed by atoms with Gasteiger partial charge in [-0.05, 0) is 120 Å². The molecule has 22 rings (SSSR count). The summed E-state index contributed by atoms with van der Waals surface area (Å²) in [7, 11) is 0. The topological polar surface area (TPSA) is 88.7 Å². The van der Waals surface area contributed by atoms with E-state index in [1.807, 2.05) is 60.7 Å². The number of hydrogen-bond donors (Lipinski definition) is 0. The first-order chi connectivity index (χ1) is 45.6. The third-order valence-electron chi connectivity index (χ3n) is 19.2. The van der Waals surface area contributed by atoms with Crippen LogP contribution in [0.3, 0.4) is 0 Å². The monoisotopic (exact) mass is 1180 g/mol. The second kappa shape index (κ2) is 18.5. The predicted octanol–water partition coefficient (Wildman–Crippen LogP) is 24.3. The summed E-state index contributed by atoms with van der Waals surface area (Å²) in [4.78, 5) is 0. The van der Waals surface area contributed by atoms with Crippen molar-refractivity contribution in [2.24, 2.45) is 0 Å². The van der Waals surface area contributed by atoms with Gasteiger partial charge in [-0.3, -0.25) is 0 Å². The molecule has 8 heterocycles. The fraction of sp³-hybridized carbons (Fsp3) is 0. The number of fused-ring (bicyclic) bond motifs is 25. The van der Waals surface area contributed by atoms with Crippen LogP contribution >= 0.6 is 0 Å². The molecule has 14 aromatic carbocycles. The quantitative estimate of drug-likeness (QED) is 0.174.